The molecule has 0 aliphatic carbocycles. The van der Waals surface area contributed by atoms with Crippen LogP contribution in [0.2, 0.25) is 0 Å². The predicted octanol–water partition coefficient (Wildman–Crippen LogP) is 0.657. The van der Waals surface area contributed by atoms with E-state index in [9.17, 15) is 0 Å². The van der Waals surface area contributed by atoms with Crippen molar-refractivity contribution in [2.24, 2.45) is 0 Å². The minimum Gasteiger partial charge on any atom is -0.483 e. The minimum atomic E-state index is 0.193. The summed E-state index contributed by atoms with van der Waals surface area (Å²) in [6.07, 6.45) is 0. The molecule has 0 saturated carbocycles. The average molecular weight is 174 g/mol. The molecule has 1 atom stereocenters. The van der Waals surface area contributed by atoms with E-state index in [-0.39, 0.29) is 6.04 Å². The highest BCUT2D eigenvalue weighted by molar-refractivity contribution is 7.99. The molecule has 0 amide bonds. The lowest BCUT2D eigenvalue weighted by atomic mass is 10.3. The van der Waals surface area contributed by atoms with Gasteiger partial charge in [-0.25, -0.2) is 0 Å². The monoisotopic (exact) mass is 174 g/mol. The summed E-state index contributed by atoms with van der Waals surface area (Å²) in [7, 11) is 3.60. The van der Waals surface area contributed by atoms with Gasteiger partial charge in [0.25, 0.3) is 0 Å². The third kappa shape index (κ3) is 2.10. The first-order chi connectivity index (χ1) is 5.25. The molecule has 1 saturated heterocycles. The van der Waals surface area contributed by atoms with Crippen molar-refractivity contribution < 1.29 is 4.74 Å². The number of methoxy groups -OCH3 is 1. The van der Waals surface area contributed by atoms with Gasteiger partial charge in [-0.1, -0.05) is 0 Å². The topological polar surface area (TPSA) is 36.3 Å². The van der Waals surface area contributed by atoms with Crippen molar-refractivity contribution in [3.63, 3.8) is 0 Å². The summed E-state index contributed by atoms with van der Waals surface area (Å²) in [6.45, 7) is 1.06. The molecule has 64 valence electrons. The SMILES string of the molecule is COC(=N)C1CSCCN1C. The van der Waals surface area contributed by atoms with Gasteiger partial charge in [-0.3, -0.25) is 10.3 Å². The second-order valence-corrected chi connectivity index (χ2v) is 3.79. The van der Waals surface area contributed by atoms with Crippen LogP contribution in [0.4, 0.5) is 0 Å². The van der Waals surface area contributed by atoms with E-state index >= 15 is 0 Å². The van der Waals surface area contributed by atoms with E-state index in [2.05, 4.69) is 4.90 Å². The van der Waals surface area contributed by atoms with Crippen LogP contribution in [0.5, 0.6) is 0 Å². The normalized spacial score (nSPS) is 26.5. The zero-order valence-corrected chi connectivity index (χ0v) is 7.78. The predicted molar refractivity (Wildman–Crippen MR) is 48.5 cm³/mol. The van der Waals surface area contributed by atoms with Gasteiger partial charge < -0.3 is 4.74 Å². The lowest BCUT2D eigenvalue weighted by Gasteiger charge is -2.31. The Hall–Kier alpha value is -0.220. The van der Waals surface area contributed by atoms with Crippen LogP contribution in [-0.2, 0) is 4.74 Å². The molecular weight excluding hydrogens is 160 g/mol. The maximum Gasteiger partial charge on any atom is 0.198 e. The molecule has 11 heavy (non-hydrogen) atoms. The van der Waals surface area contributed by atoms with Crippen LogP contribution in [0.3, 0.4) is 0 Å². The zero-order valence-electron chi connectivity index (χ0n) is 6.96. The molecule has 3 nitrogen and oxygen atoms in total. The summed E-state index contributed by atoms with van der Waals surface area (Å²) in [4.78, 5) is 2.17. The van der Waals surface area contributed by atoms with Crippen LogP contribution in [0, 0.1) is 5.41 Å². The molecule has 1 aliphatic rings. The zero-order chi connectivity index (χ0) is 8.27. The molecule has 0 aromatic carbocycles. The third-order valence-corrected chi connectivity index (χ3v) is 2.94. The first kappa shape index (κ1) is 8.87. The first-order valence-electron chi connectivity index (χ1n) is 3.66. The second kappa shape index (κ2) is 3.97. The van der Waals surface area contributed by atoms with Crippen LogP contribution in [0.1, 0.15) is 0 Å². The van der Waals surface area contributed by atoms with Crippen molar-refractivity contribution >= 4 is 17.7 Å². The lowest BCUT2D eigenvalue weighted by molar-refractivity contribution is 0.274. The number of nitrogens with one attached hydrogen (secondary N) is 1. The molecule has 1 N–H and O–H groups in total. The number of likely N-dealkylation sites (N-methyl/N-ethyl adjacent to an activating group) is 1. The van der Waals surface area contributed by atoms with Crippen molar-refractivity contribution in [3.05, 3.63) is 0 Å². The lowest BCUT2D eigenvalue weighted by Crippen LogP contribution is -2.44. The van der Waals surface area contributed by atoms with Gasteiger partial charge in [0.1, 0.15) is 0 Å². The molecule has 1 unspecified atom stereocenters. The largest absolute Gasteiger partial charge is 0.483 e. The van der Waals surface area contributed by atoms with E-state index in [1.165, 1.54) is 5.75 Å². The van der Waals surface area contributed by atoms with Crippen LogP contribution in [0.25, 0.3) is 0 Å². The van der Waals surface area contributed by atoms with Gasteiger partial charge in [0.2, 0.25) is 0 Å². The Balaban J connectivity index is 2.47. The van der Waals surface area contributed by atoms with Gasteiger partial charge in [-0.2, -0.15) is 11.8 Å². The van der Waals surface area contributed by atoms with Crippen LogP contribution in [0.15, 0.2) is 0 Å². The Morgan fingerprint density at radius 2 is 2.45 bits per heavy atom. The van der Waals surface area contributed by atoms with E-state index < -0.39 is 0 Å². The molecule has 0 aromatic heterocycles. The van der Waals surface area contributed by atoms with Crippen molar-refractivity contribution in [2.45, 2.75) is 6.04 Å². The van der Waals surface area contributed by atoms with Gasteiger partial charge in [0, 0.05) is 18.1 Å². The van der Waals surface area contributed by atoms with Crippen molar-refractivity contribution in [1.29, 1.82) is 5.41 Å². The molecular formula is C7H14N2OS. The Kier molecular flexibility index (Phi) is 3.20. The van der Waals surface area contributed by atoms with Gasteiger partial charge >= 0.3 is 0 Å². The molecule has 0 bridgehead atoms. The molecule has 4 heteroatoms. The minimum absolute atomic E-state index is 0.193. The summed E-state index contributed by atoms with van der Waals surface area (Å²) in [5, 5.41) is 7.49. The van der Waals surface area contributed by atoms with E-state index in [4.69, 9.17) is 10.1 Å². The summed E-state index contributed by atoms with van der Waals surface area (Å²) >= 11 is 1.89. The highest BCUT2D eigenvalue weighted by Crippen LogP contribution is 2.15. The third-order valence-electron chi connectivity index (χ3n) is 1.92. The van der Waals surface area contributed by atoms with E-state index in [0.29, 0.717) is 5.90 Å². The maximum atomic E-state index is 7.49. The molecule has 1 aliphatic heterocycles. The fraction of sp³-hybridized carbons (Fsp3) is 0.857. The van der Waals surface area contributed by atoms with Crippen molar-refractivity contribution in [3.8, 4) is 0 Å². The number of hydrogen-bond donors (Lipinski definition) is 1. The molecule has 1 fully saturated rings. The standard InChI is InChI=1S/C7H14N2OS/c1-9-3-4-11-5-6(9)7(8)10-2/h6,8H,3-5H2,1-2H3. The molecule has 0 spiro atoms. The molecule has 1 rings (SSSR count). The number of ether oxygens (including phenoxy) is 1. The quantitative estimate of drug-likeness (QED) is 0.468. The van der Waals surface area contributed by atoms with E-state index in [0.717, 1.165) is 12.3 Å². The van der Waals surface area contributed by atoms with Crippen LogP contribution in [-0.4, -0.2) is 49.0 Å². The Morgan fingerprint density at radius 3 is 3.00 bits per heavy atom. The fourth-order valence-corrected chi connectivity index (χ4v) is 2.31. The van der Waals surface area contributed by atoms with Crippen LogP contribution < -0.4 is 0 Å². The van der Waals surface area contributed by atoms with Crippen molar-refractivity contribution in [1.82, 2.24) is 4.90 Å². The number of hydrogen-bond acceptors (Lipinski definition) is 4. The average Bonchev–Trinajstić information content (AvgIpc) is 2.04. The molecule has 1 heterocycles. The van der Waals surface area contributed by atoms with E-state index in [1.807, 2.05) is 18.8 Å². The Labute approximate surface area is 71.6 Å². The second-order valence-electron chi connectivity index (χ2n) is 2.64. The summed E-state index contributed by atoms with van der Waals surface area (Å²) in [5.74, 6) is 2.55. The first-order valence-corrected chi connectivity index (χ1v) is 4.81. The van der Waals surface area contributed by atoms with Crippen molar-refractivity contribution in [2.75, 3.05) is 32.2 Å². The van der Waals surface area contributed by atoms with Gasteiger partial charge in [-0.15, -0.1) is 0 Å². The van der Waals surface area contributed by atoms with Gasteiger partial charge in [-0.05, 0) is 7.05 Å². The molecule has 0 aromatic rings. The summed E-state index contributed by atoms with van der Waals surface area (Å²) < 4.78 is 4.89. The highest BCUT2D eigenvalue weighted by atomic mass is 32.2. The summed E-state index contributed by atoms with van der Waals surface area (Å²) in [6, 6.07) is 0.193. The highest BCUT2D eigenvalue weighted by Gasteiger charge is 2.23. The van der Waals surface area contributed by atoms with Crippen LogP contribution >= 0.6 is 11.8 Å². The van der Waals surface area contributed by atoms with Gasteiger partial charge in [0.05, 0.1) is 13.2 Å². The smallest absolute Gasteiger partial charge is 0.198 e. The summed E-state index contributed by atoms with van der Waals surface area (Å²) in [5.41, 5.74) is 0. The number of nitrogens with zero attached hydrogens (tertiary/aromatic N) is 1. The van der Waals surface area contributed by atoms with E-state index in [1.54, 1.807) is 7.11 Å². The Morgan fingerprint density at radius 1 is 1.73 bits per heavy atom. The van der Waals surface area contributed by atoms with Gasteiger partial charge in [0.15, 0.2) is 5.90 Å². The molecule has 0 radical (unpaired) electrons. The fourth-order valence-electron chi connectivity index (χ4n) is 1.10. The Bertz CT molecular complexity index is 151. The number of rotatable bonds is 1. The maximum absolute atomic E-state index is 7.49. The number of thioether (sulfide) groups is 1.